The van der Waals surface area contributed by atoms with Crippen molar-refractivity contribution >= 4 is 70.9 Å². The Balaban J connectivity index is 6.36. The smallest absolute Gasteiger partial charge is 0.246 e. The van der Waals surface area contributed by atoms with Gasteiger partial charge in [0, 0.05) is 196 Å². The van der Waals surface area contributed by atoms with Crippen LogP contribution in [0.3, 0.4) is 0 Å². The van der Waals surface area contributed by atoms with Crippen LogP contribution in [-0.2, 0) is 119 Å². The van der Waals surface area contributed by atoms with E-state index < -0.39 is 91.4 Å². The summed E-state index contributed by atoms with van der Waals surface area (Å²) in [7, 11) is 8.11. The Morgan fingerprint density at radius 1 is 0.241 bits per heavy atom. The quantitative estimate of drug-likeness (QED) is 0.0345. The van der Waals surface area contributed by atoms with Crippen LogP contribution in [0.1, 0.15) is 167 Å². The Bertz CT molecular complexity index is 2540. The first-order chi connectivity index (χ1) is 56.4. The molecule has 0 saturated heterocycles. The summed E-state index contributed by atoms with van der Waals surface area (Å²) in [5, 5.41) is 43.0. The number of ether oxygens (including phenoxy) is 13. The third-order valence-electron chi connectivity index (χ3n) is 17.2. The van der Waals surface area contributed by atoms with Gasteiger partial charge in [0.05, 0.1) is 99.0 Å². The van der Waals surface area contributed by atoms with Gasteiger partial charge in [-0.1, -0.05) is 6.42 Å². The number of hydrogen-bond acceptors (Lipinski definition) is 26. The monoisotopic (exact) mass is 1670 g/mol. The molecular weight excluding hydrogens is 1520 g/mol. The normalized spacial score (nSPS) is 12.2. The first-order valence-corrected chi connectivity index (χ1v) is 41.3. The van der Waals surface area contributed by atoms with Crippen molar-refractivity contribution in [3.63, 3.8) is 0 Å². The molecule has 0 aromatic rings. The predicted molar refractivity (Wildman–Crippen MR) is 429 cm³/mol. The highest BCUT2D eigenvalue weighted by molar-refractivity contribution is 5.87. The van der Waals surface area contributed by atoms with Gasteiger partial charge in [-0.05, 0) is 109 Å². The minimum atomic E-state index is -1.05. The molecule has 0 bridgehead atoms. The molecule has 0 aliphatic heterocycles. The molecule has 0 fully saturated rings. The van der Waals surface area contributed by atoms with E-state index in [-0.39, 0.29) is 219 Å². The van der Waals surface area contributed by atoms with Crippen molar-refractivity contribution in [2.45, 2.75) is 185 Å². The first kappa shape index (κ1) is 109. The number of aliphatic hydroxyl groups is 1. The number of aliphatic hydroxyl groups excluding tert-OH is 1. The molecule has 0 aliphatic carbocycles. The molecule has 38 heteroatoms. The molecule has 0 heterocycles. The Morgan fingerprint density at radius 2 is 0.526 bits per heavy atom. The Labute approximate surface area is 687 Å². The largest absolute Gasteiger partial charge is 0.396 e. The highest BCUT2D eigenvalue weighted by atomic mass is 16.5. The Hall–Kier alpha value is -6.92. The van der Waals surface area contributed by atoms with E-state index in [0.717, 1.165) is 77.0 Å². The third-order valence-corrected chi connectivity index (χ3v) is 17.2. The standard InChI is InChI=1S/C78H146N12O26/c1-104-37-16-6-11-29-79-70(95)27-41-109-46-47-111-43-34-84-69(94)26-23-66(90-75(100)57-87-78(103)62-116-51-48-110-42-28-71(96)80-30-12-7-17-38-105-2)56-74(99)89-65(22-25-68(93)86-36-45-113-50-53-115-61-77(102)83-32-14-9-19-40-107-4)55-73(98)88-64(54-72(97)81-33-15-10-20-63(58-91)59-108-5)21-24-67(92)85-35-44-112-49-52-114-60-76(101)82-31-13-8-18-39-106-3/h63-66,91H,6-62H2,1-5H3,(H,79,95)(H,80,96)(H,81,97)(H,82,101)(H,83,102)(H,84,94)(H,85,92)(H,86,93)(H,87,103)(H,88,98)(H,89,99)(H,90,100). The van der Waals surface area contributed by atoms with Crippen molar-refractivity contribution < 1.29 is 124 Å². The third kappa shape index (κ3) is 75.8. The number of unbranched alkanes of at least 4 members (excludes halogenated alkanes) is 9. The van der Waals surface area contributed by atoms with Crippen molar-refractivity contribution in [3.05, 3.63) is 0 Å². The topological polar surface area (TPSA) is 489 Å². The minimum absolute atomic E-state index is 0.00155. The van der Waals surface area contributed by atoms with E-state index in [4.69, 9.17) is 61.6 Å². The zero-order chi connectivity index (χ0) is 85.2. The van der Waals surface area contributed by atoms with Crippen LogP contribution in [0.2, 0.25) is 0 Å². The molecule has 0 rings (SSSR count). The van der Waals surface area contributed by atoms with Crippen LogP contribution < -0.4 is 63.8 Å². The Kier molecular flexibility index (Phi) is 76.9. The van der Waals surface area contributed by atoms with E-state index in [1.165, 1.54) is 0 Å². The van der Waals surface area contributed by atoms with Gasteiger partial charge in [-0.25, -0.2) is 0 Å². The second-order valence-corrected chi connectivity index (χ2v) is 27.5. The fourth-order valence-electron chi connectivity index (χ4n) is 10.9. The summed E-state index contributed by atoms with van der Waals surface area (Å²) in [5.41, 5.74) is 0. The van der Waals surface area contributed by atoms with Gasteiger partial charge < -0.3 is 130 Å². The molecule has 4 atom stereocenters. The number of carbonyl (C=O) groups excluding carboxylic acids is 12. The van der Waals surface area contributed by atoms with E-state index in [2.05, 4.69) is 63.8 Å². The van der Waals surface area contributed by atoms with Gasteiger partial charge in [0.2, 0.25) is 70.9 Å². The molecule has 4 unspecified atom stereocenters. The van der Waals surface area contributed by atoms with Crippen molar-refractivity contribution in [2.75, 3.05) is 240 Å². The molecule has 0 aromatic heterocycles. The van der Waals surface area contributed by atoms with Crippen LogP contribution >= 0.6 is 0 Å². The minimum Gasteiger partial charge on any atom is -0.396 e. The van der Waals surface area contributed by atoms with Gasteiger partial charge in [-0.3, -0.25) is 57.5 Å². The summed E-state index contributed by atoms with van der Waals surface area (Å²) in [6.07, 6.45) is 11.1. The van der Waals surface area contributed by atoms with Crippen LogP contribution in [0.5, 0.6) is 0 Å². The summed E-state index contributed by atoms with van der Waals surface area (Å²) < 4.78 is 69.4. The molecule has 0 aromatic carbocycles. The van der Waals surface area contributed by atoms with E-state index in [0.29, 0.717) is 78.5 Å². The van der Waals surface area contributed by atoms with Gasteiger partial charge in [-0.15, -0.1) is 0 Å². The average molecular weight is 1670 g/mol. The highest BCUT2D eigenvalue weighted by Crippen LogP contribution is 2.12. The zero-order valence-corrected chi connectivity index (χ0v) is 70.3. The maximum absolute atomic E-state index is 14.3. The van der Waals surface area contributed by atoms with Crippen molar-refractivity contribution in [2.24, 2.45) is 5.92 Å². The number of carbonyl (C=O) groups is 12. The summed E-state index contributed by atoms with van der Waals surface area (Å²) >= 11 is 0. The number of rotatable bonds is 85. The lowest BCUT2D eigenvalue weighted by Crippen LogP contribution is -2.47. The SMILES string of the molecule is COCCCCCNC(=O)CCOCCOCCNC(=O)CCC(CC(=O)NC(CCC(=O)NCCOCCOCC(=O)NCCCCCOC)CC(=O)NC(CCC(=O)NCCOCCOCC(=O)NCCCCCOC)CC(=O)NCCCCC(CO)COC)NC(=O)CNC(=O)COCCOCCC(=O)NCCCCCOC. The van der Waals surface area contributed by atoms with Gasteiger partial charge in [-0.2, -0.15) is 0 Å². The van der Waals surface area contributed by atoms with E-state index in [1.54, 1.807) is 35.5 Å². The van der Waals surface area contributed by atoms with Crippen LogP contribution in [0.25, 0.3) is 0 Å². The van der Waals surface area contributed by atoms with Crippen molar-refractivity contribution in [3.8, 4) is 0 Å². The van der Waals surface area contributed by atoms with Crippen LogP contribution in [0.15, 0.2) is 0 Å². The lowest BCUT2D eigenvalue weighted by Gasteiger charge is -2.24. The molecule has 38 nitrogen and oxygen atoms in total. The fourth-order valence-corrected chi connectivity index (χ4v) is 10.9. The number of nitrogens with one attached hydrogen (secondary N) is 12. The molecule has 116 heavy (non-hydrogen) atoms. The van der Waals surface area contributed by atoms with Crippen LogP contribution in [0.4, 0.5) is 0 Å². The van der Waals surface area contributed by atoms with Gasteiger partial charge in [0.25, 0.3) is 0 Å². The Morgan fingerprint density at radius 3 is 0.871 bits per heavy atom. The zero-order valence-electron chi connectivity index (χ0n) is 70.3. The molecule has 0 saturated carbocycles. The van der Waals surface area contributed by atoms with E-state index in [1.807, 2.05) is 0 Å². The molecule has 0 spiro atoms. The van der Waals surface area contributed by atoms with Crippen molar-refractivity contribution in [1.29, 1.82) is 0 Å². The lowest BCUT2D eigenvalue weighted by atomic mass is 10.0. The number of hydrogen-bond donors (Lipinski definition) is 13. The van der Waals surface area contributed by atoms with Crippen molar-refractivity contribution in [1.82, 2.24) is 63.8 Å². The molecule has 674 valence electrons. The number of methoxy groups -OCH3 is 5. The molecule has 12 amide bonds. The van der Waals surface area contributed by atoms with Gasteiger partial charge in [0.1, 0.15) is 19.8 Å². The molecule has 0 aliphatic rings. The summed E-state index contributed by atoms with van der Waals surface area (Å²) in [4.78, 5) is 157. The van der Waals surface area contributed by atoms with E-state index in [9.17, 15) is 62.6 Å². The van der Waals surface area contributed by atoms with Gasteiger partial charge in [0.15, 0.2) is 0 Å². The average Bonchev–Trinajstić information content (AvgIpc) is 0.900. The highest BCUT2D eigenvalue weighted by Gasteiger charge is 2.26. The second-order valence-electron chi connectivity index (χ2n) is 27.5. The van der Waals surface area contributed by atoms with E-state index >= 15 is 0 Å². The second kappa shape index (κ2) is 81.8. The summed E-state index contributed by atoms with van der Waals surface area (Å²) in [5.74, 6) is -5.30. The summed E-state index contributed by atoms with van der Waals surface area (Å²) in [6.45, 7) is 6.17. The van der Waals surface area contributed by atoms with Gasteiger partial charge >= 0.3 is 0 Å². The number of amides is 12. The first-order valence-electron chi connectivity index (χ1n) is 41.3. The summed E-state index contributed by atoms with van der Waals surface area (Å²) in [6, 6.07) is -2.99. The molecular formula is C78H146N12O26. The van der Waals surface area contributed by atoms with Crippen LogP contribution in [-0.4, -0.2) is 334 Å². The molecule has 13 N–H and O–H groups in total. The maximum atomic E-state index is 14.3. The fraction of sp³-hybridized carbons (Fsp3) is 0.846. The maximum Gasteiger partial charge on any atom is 0.246 e. The lowest BCUT2D eigenvalue weighted by molar-refractivity contribution is -0.130. The predicted octanol–water partition coefficient (Wildman–Crippen LogP) is -0.397. The van der Waals surface area contributed by atoms with Crippen LogP contribution in [0, 0.1) is 5.92 Å². The molecule has 0 radical (unpaired) electrons.